The molecule has 0 bridgehead atoms. The lowest BCUT2D eigenvalue weighted by Gasteiger charge is -2.20. The molecule has 1 aromatic heterocycles. The summed E-state index contributed by atoms with van der Waals surface area (Å²) >= 11 is 0. The third kappa shape index (κ3) is 3.70. The van der Waals surface area contributed by atoms with Crippen LogP contribution in [0.2, 0.25) is 0 Å². The van der Waals surface area contributed by atoms with Gasteiger partial charge in [-0.2, -0.15) is 0 Å². The van der Waals surface area contributed by atoms with Crippen LogP contribution in [0.25, 0.3) is 0 Å². The van der Waals surface area contributed by atoms with Gasteiger partial charge >= 0.3 is 0 Å². The zero-order valence-corrected chi connectivity index (χ0v) is 11.0. The molecule has 0 radical (unpaired) electrons. The largest absolute Gasteiger partial charge is 0.451 e. The summed E-state index contributed by atoms with van der Waals surface area (Å²) < 4.78 is 4.98. The van der Waals surface area contributed by atoms with Crippen LogP contribution in [0.1, 0.15) is 37.6 Å². The van der Waals surface area contributed by atoms with Crippen molar-refractivity contribution in [3.63, 3.8) is 0 Å². The summed E-state index contributed by atoms with van der Waals surface area (Å²) in [4.78, 5) is 4.13. The van der Waals surface area contributed by atoms with Crippen molar-refractivity contribution in [1.29, 1.82) is 0 Å². The van der Waals surface area contributed by atoms with E-state index in [1.807, 2.05) is 6.07 Å². The Bertz CT molecular complexity index is 437. The highest BCUT2D eigenvalue weighted by Gasteiger charge is 2.12. The molecule has 1 aromatic carbocycles. The first-order chi connectivity index (χ1) is 8.75. The maximum Gasteiger partial charge on any atom is 0.180 e. The second-order valence-electron chi connectivity index (χ2n) is 4.95. The number of rotatable bonds is 6. The topological polar surface area (TPSA) is 38.1 Å². The maximum atomic E-state index is 4.98. The molecule has 3 nitrogen and oxygen atoms in total. The fourth-order valence-electron chi connectivity index (χ4n) is 2.05. The quantitative estimate of drug-likeness (QED) is 0.844. The van der Waals surface area contributed by atoms with Crippen molar-refractivity contribution in [3.8, 4) is 0 Å². The second-order valence-corrected chi connectivity index (χ2v) is 4.95. The van der Waals surface area contributed by atoms with E-state index in [1.54, 1.807) is 6.26 Å². The van der Waals surface area contributed by atoms with E-state index < -0.39 is 0 Å². The predicted molar refractivity (Wildman–Crippen MR) is 72.0 cm³/mol. The standard InChI is InChI=1S/C15H20N2O/c1-12(2)8-15(13-6-4-3-5-7-13)16-9-14-10-18-11-17-14/h3-7,10-12,15-16H,8-9H2,1-2H3. The minimum Gasteiger partial charge on any atom is -0.451 e. The third-order valence-electron chi connectivity index (χ3n) is 2.92. The average molecular weight is 244 g/mol. The highest BCUT2D eigenvalue weighted by atomic mass is 16.3. The molecule has 0 amide bonds. The Hall–Kier alpha value is -1.61. The van der Waals surface area contributed by atoms with Crippen LogP contribution >= 0.6 is 0 Å². The van der Waals surface area contributed by atoms with Crippen LogP contribution in [-0.4, -0.2) is 4.98 Å². The lowest BCUT2D eigenvalue weighted by atomic mass is 9.97. The Morgan fingerprint density at radius 3 is 2.61 bits per heavy atom. The molecule has 0 saturated carbocycles. The Balaban J connectivity index is 2.01. The molecule has 0 fully saturated rings. The van der Waals surface area contributed by atoms with Gasteiger partial charge in [-0.25, -0.2) is 4.98 Å². The van der Waals surface area contributed by atoms with E-state index in [4.69, 9.17) is 4.42 Å². The number of hydrogen-bond acceptors (Lipinski definition) is 3. The molecular weight excluding hydrogens is 224 g/mol. The van der Waals surface area contributed by atoms with Crippen molar-refractivity contribution >= 4 is 0 Å². The van der Waals surface area contributed by atoms with Gasteiger partial charge in [-0.1, -0.05) is 44.2 Å². The van der Waals surface area contributed by atoms with E-state index in [9.17, 15) is 0 Å². The van der Waals surface area contributed by atoms with E-state index in [0.29, 0.717) is 12.0 Å². The molecule has 96 valence electrons. The molecular formula is C15H20N2O. The van der Waals surface area contributed by atoms with Gasteiger partial charge in [0, 0.05) is 12.6 Å². The summed E-state index contributed by atoms with van der Waals surface area (Å²) in [5, 5.41) is 3.55. The fraction of sp³-hybridized carbons (Fsp3) is 0.400. The number of hydrogen-bond donors (Lipinski definition) is 1. The zero-order valence-electron chi connectivity index (χ0n) is 11.0. The summed E-state index contributed by atoms with van der Waals surface area (Å²) in [6.07, 6.45) is 4.27. The van der Waals surface area contributed by atoms with Crippen LogP contribution in [0, 0.1) is 5.92 Å². The van der Waals surface area contributed by atoms with Crippen molar-refractivity contribution in [2.45, 2.75) is 32.9 Å². The lowest BCUT2D eigenvalue weighted by molar-refractivity contribution is 0.426. The van der Waals surface area contributed by atoms with Crippen molar-refractivity contribution in [2.24, 2.45) is 5.92 Å². The van der Waals surface area contributed by atoms with Crippen molar-refractivity contribution in [2.75, 3.05) is 0 Å². The van der Waals surface area contributed by atoms with Crippen LogP contribution in [0.3, 0.4) is 0 Å². The predicted octanol–water partition coefficient (Wildman–Crippen LogP) is 3.55. The number of benzene rings is 1. The first kappa shape index (κ1) is 12.8. The van der Waals surface area contributed by atoms with Gasteiger partial charge in [0.1, 0.15) is 6.26 Å². The Labute approximate surface area is 108 Å². The molecule has 1 atom stereocenters. The van der Waals surface area contributed by atoms with E-state index in [1.165, 1.54) is 12.0 Å². The smallest absolute Gasteiger partial charge is 0.180 e. The minimum atomic E-state index is 0.364. The molecule has 0 aliphatic carbocycles. The van der Waals surface area contributed by atoms with Gasteiger partial charge in [-0.15, -0.1) is 0 Å². The van der Waals surface area contributed by atoms with Crippen LogP contribution in [0.4, 0.5) is 0 Å². The number of oxazole rings is 1. The SMILES string of the molecule is CC(C)CC(NCc1cocn1)c1ccccc1. The average Bonchev–Trinajstić information content (AvgIpc) is 2.88. The molecule has 18 heavy (non-hydrogen) atoms. The van der Waals surface area contributed by atoms with Crippen molar-refractivity contribution in [1.82, 2.24) is 10.3 Å². The number of nitrogens with one attached hydrogen (secondary N) is 1. The molecule has 1 heterocycles. The van der Waals surface area contributed by atoms with Gasteiger partial charge in [0.2, 0.25) is 0 Å². The monoisotopic (exact) mass is 244 g/mol. The fourth-order valence-corrected chi connectivity index (χ4v) is 2.05. The van der Waals surface area contributed by atoms with Gasteiger partial charge in [0.25, 0.3) is 0 Å². The van der Waals surface area contributed by atoms with Gasteiger partial charge in [-0.05, 0) is 17.9 Å². The summed E-state index contributed by atoms with van der Waals surface area (Å²) in [6.45, 7) is 5.23. The first-order valence-corrected chi connectivity index (χ1v) is 6.41. The molecule has 0 aliphatic heterocycles. The third-order valence-corrected chi connectivity index (χ3v) is 2.92. The zero-order chi connectivity index (χ0) is 12.8. The molecule has 0 spiro atoms. The number of aromatic nitrogens is 1. The molecule has 0 aliphatic rings. The first-order valence-electron chi connectivity index (χ1n) is 6.41. The van der Waals surface area contributed by atoms with Gasteiger partial charge in [-0.3, -0.25) is 0 Å². The summed E-state index contributed by atoms with van der Waals surface area (Å²) in [5.41, 5.74) is 2.27. The van der Waals surface area contributed by atoms with E-state index >= 15 is 0 Å². The van der Waals surface area contributed by atoms with E-state index in [2.05, 4.69) is 48.4 Å². The van der Waals surface area contributed by atoms with Gasteiger partial charge < -0.3 is 9.73 Å². The summed E-state index contributed by atoms with van der Waals surface area (Å²) in [6, 6.07) is 10.9. The lowest BCUT2D eigenvalue weighted by Crippen LogP contribution is -2.22. The van der Waals surface area contributed by atoms with E-state index in [-0.39, 0.29) is 0 Å². The Morgan fingerprint density at radius 2 is 2.00 bits per heavy atom. The highest BCUT2D eigenvalue weighted by Crippen LogP contribution is 2.21. The van der Waals surface area contributed by atoms with Gasteiger partial charge in [0.05, 0.1) is 5.69 Å². The molecule has 1 N–H and O–H groups in total. The molecule has 1 unspecified atom stereocenters. The Morgan fingerprint density at radius 1 is 1.22 bits per heavy atom. The van der Waals surface area contributed by atoms with Crippen LogP contribution in [0.5, 0.6) is 0 Å². The molecule has 2 aromatic rings. The molecule has 3 heteroatoms. The van der Waals surface area contributed by atoms with Crippen molar-refractivity contribution < 1.29 is 4.42 Å². The second kappa shape index (κ2) is 6.36. The highest BCUT2D eigenvalue weighted by molar-refractivity contribution is 5.19. The van der Waals surface area contributed by atoms with Crippen LogP contribution < -0.4 is 5.32 Å². The summed E-state index contributed by atoms with van der Waals surface area (Å²) in [5.74, 6) is 0.653. The van der Waals surface area contributed by atoms with E-state index in [0.717, 1.165) is 18.7 Å². The number of nitrogens with zero attached hydrogens (tertiary/aromatic N) is 1. The van der Waals surface area contributed by atoms with Gasteiger partial charge in [0.15, 0.2) is 6.39 Å². The Kier molecular flexibility index (Phi) is 4.53. The minimum absolute atomic E-state index is 0.364. The maximum absolute atomic E-state index is 4.98. The normalized spacial score (nSPS) is 12.8. The summed E-state index contributed by atoms with van der Waals surface area (Å²) in [7, 11) is 0. The molecule has 2 rings (SSSR count). The molecule has 0 saturated heterocycles. The van der Waals surface area contributed by atoms with Crippen LogP contribution in [0.15, 0.2) is 47.4 Å². The van der Waals surface area contributed by atoms with Crippen LogP contribution in [-0.2, 0) is 6.54 Å². The van der Waals surface area contributed by atoms with Crippen molar-refractivity contribution in [3.05, 3.63) is 54.2 Å².